The fourth-order valence-corrected chi connectivity index (χ4v) is 3.39. The average molecular weight is 385 g/mol. The van der Waals surface area contributed by atoms with E-state index in [4.69, 9.17) is 4.74 Å². The van der Waals surface area contributed by atoms with Crippen LogP contribution < -0.4 is 4.90 Å². The highest BCUT2D eigenvalue weighted by Gasteiger charge is 2.37. The van der Waals surface area contributed by atoms with Gasteiger partial charge in [0, 0.05) is 6.42 Å². The van der Waals surface area contributed by atoms with Gasteiger partial charge in [0.25, 0.3) is 11.8 Å². The summed E-state index contributed by atoms with van der Waals surface area (Å²) in [7, 11) is 0. The summed E-state index contributed by atoms with van der Waals surface area (Å²) in [6.07, 6.45) is 0.607. The summed E-state index contributed by atoms with van der Waals surface area (Å²) in [6.45, 7) is 2.08. The number of amides is 2. The zero-order valence-corrected chi connectivity index (χ0v) is 15.9. The molecule has 5 heteroatoms. The predicted octanol–water partition coefficient (Wildman–Crippen LogP) is 4.20. The number of hydrogen-bond donors (Lipinski definition) is 0. The minimum absolute atomic E-state index is 0.218. The number of hydrogen-bond acceptors (Lipinski definition) is 4. The van der Waals surface area contributed by atoms with Crippen molar-refractivity contribution in [1.29, 1.82) is 0 Å². The van der Waals surface area contributed by atoms with Crippen molar-refractivity contribution in [2.45, 2.75) is 13.3 Å². The topological polar surface area (TPSA) is 63.7 Å². The van der Waals surface area contributed by atoms with Crippen LogP contribution in [0, 0.1) is 6.92 Å². The third-order valence-corrected chi connectivity index (χ3v) is 4.95. The van der Waals surface area contributed by atoms with Gasteiger partial charge in [-0.1, -0.05) is 48.5 Å². The fraction of sp³-hybridized carbons (Fsp3) is 0.125. The Hall–Kier alpha value is -3.73. The molecule has 1 heterocycles. The van der Waals surface area contributed by atoms with Crippen LogP contribution in [-0.4, -0.2) is 24.4 Å². The maximum Gasteiger partial charge on any atom is 0.338 e. The molecule has 3 aromatic rings. The average Bonchev–Trinajstić information content (AvgIpc) is 2.99. The number of esters is 1. The van der Waals surface area contributed by atoms with Crippen LogP contribution in [0.4, 0.5) is 5.69 Å². The lowest BCUT2D eigenvalue weighted by atomic mass is 10.1. The summed E-state index contributed by atoms with van der Waals surface area (Å²) in [5, 5.41) is 0. The van der Waals surface area contributed by atoms with E-state index >= 15 is 0 Å². The summed E-state index contributed by atoms with van der Waals surface area (Å²) < 4.78 is 5.34. The Bertz CT molecular complexity index is 1100. The Morgan fingerprint density at radius 3 is 2.31 bits per heavy atom. The Morgan fingerprint density at radius 1 is 0.862 bits per heavy atom. The van der Waals surface area contributed by atoms with Crippen LogP contribution in [0.2, 0.25) is 0 Å². The molecule has 1 aliphatic heterocycles. The summed E-state index contributed by atoms with van der Waals surface area (Å²) >= 11 is 0. The zero-order valence-electron chi connectivity index (χ0n) is 15.9. The molecule has 0 spiro atoms. The van der Waals surface area contributed by atoms with E-state index in [-0.39, 0.29) is 23.6 Å². The van der Waals surface area contributed by atoms with E-state index in [2.05, 4.69) is 0 Å². The Labute approximate surface area is 168 Å². The molecular weight excluding hydrogens is 366 g/mol. The molecule has 3 aromatic carbocycles. The van der Waals surface area contributed by atoms with Gasteiger partial charge < -0.3 is 4.74 Å². The van der Waals surface area contributed by atoms with Gasteiger partial charge in [0.1, 0.15) is 0 Å². The first-order valence-electron chi connectivity index (χ1n) is 9.36. The van der Waals surface area contributed by atoms with Crippen molar-refractivity contribution in [3.63, 3.8) is 0 Å². The van der Waals surface area contributed by atoms with Gasteiger partial charge in [-0.05, 0) is 42.3 Å². The molecular formula is C24H19NO4. The van der Waals surface area contributed by atoms with E-state index < -0.39 is 11.9 Å². The van der Waals surface area contributed by atoms with Crippen molar-refractivity contribution in [3.05, 3.63) is 101 Å². The molecule has 5 nitrogen and oxygen atoms in total. The van der Waals surface area contributed by atoms with Gasteiger partial charge >= 0.3 is 5.97 Å². The third kappa shape index (κ3) is 3.55. The van der Waals surface area contributed by atoms with Gasteiger partial charge in [-0.2, -0.15) is 0 Å². The number of rotatable bonds is 5. The van der Waals surface area contributed by atoms with Crippen LogP contribution in [0.3, 0.4) is 0 Å². The second kappa shape index (κ2) is 7.72. The van der Waals surface area contributed by atoms with Gasteiger partial charge in [-0.3, -0.25) is 9.59 Å². The van der Waals surface area contributed by atoms with E-state index in [1.54, 1.807) is 12.1 Å². The van der Waals surface area contributed by atoms with Crippen LogP contribution >= 0.6 is 0 Å². The van der Waals surface area contributed by atoms with Crippen LogP contribution in [0.25, 0.3) is 0 Å². The van der Waals surface area contributed by atoms with E-state index in [9.17, 15) is 14.4 Å². The third-order valence-electron chi connectivity index (χ3n) is 4.95. The lowest BCUT2D eigenvalue weighted by Gasteiger charge is -2.16. The molecule has 0 unspecified atom stereocenters. The van der Waals surface area contributed by atoms with Crippen molar-refractivity contribution in [3.8, 4) is 0 Å². The van der Waals surface area contributed by atoms with Crippen molar-refractivity contribution >= 4 is 23.5 Å². The van der Waals surface area contributed by atoms with E-state index in [1.165, 1.54) is 18.2 Å². The lowest BCUT2D eigenvalue weighted by molar-refractivity contribution is 0.0509. The molecule has 144 valence electrons. The smallest absolute Gasteiger partial charge is 0.338 e. The van der Waals surface area contributed by atoms with Crippen molar-refractivity contribution < 1.29 is 19.1 Å². The Morgan fingerprint density at radius 2 is 1.55 bits per heavy atom. The molecule has 0 N–H and O–H groups in total. The van der Waals surface area contributed by atoms with Crippen LogP contribution in [0.15, 0.2) is 72.8 Å². The summed E-state index contributed by atoms with van der Waals surface area (Å²) in [5.41, 5.74) is 3.21. The molecule has 0 aromatic heterocycles. The summed E-state index contributed by atoms with van der Waals surface area (Å²) in [6, 6.07) is 21.4. The van der Waals surface area contributed by atoms with Crippen LogP contribution in [0.1, 0.15) is 42.2 Å². The lowest BCUT2D eigenvalue weighted by Crippen LogP contribution is -2.29. The number of fused-ring (bicyclic) bond motifs is 1. The second-order valence-corrected chi connectivity index (χ2v) is 6.86. The molecule has 0 bridgehead atoms. The van der Waals surface area contributed by atoms with Gasteiger partial charge in [0.2, 0.25) is 0 Å². The number of ether oxygens (including phenoxy) is 1. The predicted molar refractivity (Wildman–Crippen MR) is 109 cm³/mol. The van der Waals surface area contributed by atoms with Crippen molar-refractivity contribution in [2.24, 2.45) is 0 Å². The molecule has 1 aliphatic rings. The van der Waals surface area contributed by atoms with Crippen LogP contribution in [0.5, 0.6) is 0 Å². The number of para-hydroxylation sites is 1. The van der Waals surface area contributed by atoms with E-state index in [0.717, 1.165) is 16.0 Å². The number of nitrogens with zero attached hydrogens (tertiary/aromatic N) is 1. The number of imide groups is 1. The molecule has 4 rings (SSSR count). The number of carbonyl (C=O) groups is 3. The number of carbonyl (C=O) groups excluding carboxylic acids is 3. The van der Waals surface area contributed by atoms with Gasteiger partial charge in [0.05, 0.1) is 29.0 Å². The largest absolute Gasteiger partial charge is 0.462 e. The quantitative estimate of drug-likeness (QED) is 0.488. The van der Waals surface area contributed by atoms with E-state index in [0.29, 0.717) is 17.7 Å². The fourth-order valence-electron chi connectivity index (χ4n) is 3.39. The number of anilines is 1. The van der Waals surface area contributed by atoms with Gasteiger partial charge in [-0.25, -0.2) is 9.69 Å². The normalized spacial score (nSPS) is 12.8. The molecule has 0 fully saturated rings. The first-order chi connectivity index (χ1) is 14.1. The SMILES string of the molecule is Cc1ccccc1N1C(=O)c2ccc(C(=O)OCCc3ccccc3)cc2C1=O. The van der Waals surface area contributed by atoms with Crippen molar-refractivity contribution in [1.82, 2.24) is 0 Å². The Kier molecular flexibility index (Phi) is 4.96. The number of aryl methyl sites for hydroxylation is 1. The van der Waals surface area contributed by atoms with Crippen LogP contribution in [-0.2, 0) is 11.2 Å². The van der Waals surface area contributed by atoms with Gasteiger partial charge in [-0.15, -0.1) is 0 Å². The molecule has 29 heavy (non-hydrogen) atoms. The summed E-state index contributed by atoms with van der Waals surface area (Å²) in [4.78, 5) is 39.2. The van der Waals surface area contributed by atoms with E-state index in [1.807, 2.05) is 49.4 Å². The minimum Gasteiger partial charge on any atom is -0.462 e. The minimum atomic E-state index is -0.515. The highest BCUT2D eigenvalue weighted by atomic mass is 16.5. The number of benzene rings is 3. The monoisotopic (exact) mass is 385 g/mol. The zero-order chi connectivity index (χ0) is 20.4. The van der Waals surface area contributed by atoms with Gasteiger partial charge in [0.15, 0.2) is 0 Å². The highest BCUT2D eigenvalue weighted by molar-refractivity contribution is 6.34. The molecule has 0 atom stereocenters. The molecule has 0 aliphatic carbocycles. The standard InChI is InChI=1S/C24H19NO4/c1-16-7-5-6-10-21(16)25-22(26)19-12-11-18(15-20(19)23(25)27)24(28)29-14-13-17-8-3-2-4-9-17/h2-12,15H,13-14H2,1H3. The first-order valence-corrected chi connectivity index (χ1v) is 9.36. The first kappa shape index (κ1) is 18.6. The molecule has 0 saturated heterocycles. The van der Waals surface area contributed by atoms with Crippen molar-refractivity contribution in [2.75, 3.05) is 11.5 Å². The maximum atomic E-state index is 12.9. The summed E-state index contributed by atoms with van der Waals surface area (Å²) in [5.74, 6) is -1.33. The second-order valence-electron chi connectivity index (χ2n) is 6.86. The molecule has 2 amide bonds. The highest BCUT2D eigenvalue weighted by Crippen LogP contribution is 2.31. The Balaban J connectivity index is 1.51. The maximum absolute atomic E-state index is 12.9. The molecule has 0 saturated carbocycles. The molecule has 0 radical (unpaired) electrons.